The summed E-state index contributed by atoms with van der Waals surface area (Å²) in [6, 6.07) is 15.1. The maximum atomic E-state index is 14.0. The zero-order valence-electron chi connectivity index (χ0n) is 22.1. The second-order valence-corrected chi connectivity index (χ2v) is 10.9. The van der Waals surface area contributed by atoms with E-state index in [1.807, 2.05) is 35.2 Å². The molecule has 8 nitrogen and oxygen atoms in total. The summed E-state index contributed by atoms with van der Waals surface area (Å²) < 4.78 is 5.37. The number of anilines is 1. The maximum Gasteiger partial charge on any atom is 0.260 e. The Labute approximate surface area is 224 Å². The van der Waals surface area contributed by atoms with E-state index in [9.17, 15) is 14.4 Å². The molecule has 0 N–H and O–H groups in total. The van der Waals surface area contributed by atoms with Crippen molar-refractivity contribution in [3.8, 4) is 0 Å². The van der Waals surface area contributed by atoms with Gasteiger partial charge in [-0.3, -0.25) is 19.3 Å². The number of fused-ring (bicyclic) bond motifs is 6. The summed E-state index contributed by atoms with van der Waals surface area (Å²) in [5.74, 6) is -0.0335. The smallest absolute Gasteiger partial charge is 0.260 e. The van der Waals surface area contributed by atoms with Gasteiger partial charge in [-0.05, 0) is 62.9 Å². The van der Waals surface area contributed by atoms with Gasteiger partial charge in [0.05, 0.1) is 17.9 Å². The van der Waals surface area contributed by atoms with E-state index in [0.29, 0.717) is 48.5 Å². The Morgan fingerprint density at radius 2 is 1.71 bits per heavy atom. The number of benzene rings is 2. The van der Waals surface area contributed by atoms with Crippen LogP contribution in [0.25, 0.3) is 0 Å². The van der Waals surface area contributed by atoms with E-state index in [1.165, 1.54) is 19.3 Å². The van der Waals surface area contributed by atoms with Gasteiger partial charge < -0.3 is 19.4 Å². The molecule has 2 aromatic rings. The standard InChI is InChI=1S/C30H36N4O4/c1-38-18-17-32(19-21-9-8-16-31-15-7-6-13-25(21)31)27(35)20-33-28-22-10-2-3-11-23(22)30(37)34(28)26-14-5-4-12-24(26)29(33)36/h2-5,10-12,14,21,25,28H,6-9,13,15-20H2,1H3/t21-,25+,28+/m0/s1. The molecule has 0 unspecified atom stereocenters. The van der Waals surface area contributed by atoms with Crippen LogP contribution in [-0.4, -0.2) is 84.9 Å². The average Bonchev–Trinajstić information content (AvgIpc) is 3.25. The first kappa shape index (κ1) is 25.1. The van der Waals surface area contributed by atoms with Gasteiger partial charge in [0.1, 0.15) is 12.7 Å². The molecule has 2 fully saturated rings. The minimum Gasteiger partial charge on any atom is -0.383 e. The molecule has 0 radical (unpaired) electrons. The van der Waals surface area contributed by atoms with Gasteiger partial charge in [0, 0.05) is 37.4 Å². The van der Waals surface area contributed by atoms with Crippen molar-refractivity contribution in [2.75, 3.05) is 51.3 Å². The Morgan fingerprint density at radius 3 is 2.55 bits per heavy atom. The second kappa shape index (κ2) is 10.5. The highest BCUT2D eigenvalue weighted by atomic mass is 16.5. The number of methoxy groups -OCH3 is 1. The first-order chi connectivity index (χ1) is 18.6. The Balaban J connectivity index is 1.29. The fraction of sp³-hybridized carbons (Fsp3) is 0.500. The van der Waals surface area contributed by atoms with Crippen molar-refractivity contribution in [1.29, 1.82) is 0 Å². The van der Waals surface area contributed by atoms with E-state index in [1.54, 1.807) is 35.1 Å². The molecule has 0 aliphatic carbocycles. The highest BCUT2D eigenvalue weighted by Gasteiger charge is 2.48. The van der Waals surface area contributed by atoms with E-state index in [0.717, 1.165) is 31.5 Å². The Bertz CT molecular complexity index is 1230. The minimum absolute atomic E-state index is 0.0826. The third-order valence-electron chi connectivity index (χ3n) is 8.79. The van der Waals surface area contributed by atoms with E-state index in [-0.39, 0.29) is 24.3 Å². The van der Waals surface area contributed by atoms with Crippen molar-refractivity contribution >= 4 is 23.4 Å². The molecule has 2 aromatic carbocycles. The van der Waals surface area contributed by atoms with Crippen LogP contribution in [0.15, 0.2) is 48.5 Å². The lowest BCUT2D eigenvalue weighted by atomic mass is 9.83. The zero-order valence-corrected chi connectivity index (χ0v) is 22.1. The van der Waals surface area contributed by atoms with E-state index in [4.69, 9.17) is 4.74 Å². The fourth-order valence-corrected chi connectivity index (χ4v) is 6.97. The predicted octanol–water partition coefficient (Wildman–Crippen LogP) is 3.54. The van der Waals surface area contributed by atoms with Crippen LogP contribution in [0.2, 0.25) is 0 Å². The molecule has 0 aromatic heterocycles. The highest BCUT2D eigenvalue weighted by molar-refractivity contribution is 6.17. The van der Waals surface area contributed by atoms with Gasteiger partial charge in [0.15, 0.2) is 0 Å². The van der Waals surface area contributed by atoms with Crippen LogP contribution >= 0.6 is 0 Å². The molecule has 6 rings (SSSR count). The van der Waals surface area contributed by atoms with Crippen molar-refractivity contribution in [1.82, 2.24) is 14.7 Å². The number of hydrogen-bond donors (Lipinski definition) is 0. The number of rotatable bonds is 7. The number of nitrogens with zero attached hydrogens (tertiary/aromatic N) is 4. The molecule has 0 saturated carbocycles. The lowest BCUT2D eigenvalue weighted by molar-refractivity contribution is -0.134. The quantitative estimate of drug-likeness (QED) is 0.563. The Kier molecular flexibility index (Phi) is 6.93. The zero-order chi connectivity index (χ0) is 26.2. The van der Waals surface area contributed by atoms with Crippen LogP contribution < -0.4 is 4.90 Å². The van der Waals surface area contributed by atoms with Crippen LogP contribution in [0.4, 0.5) is 5.69 Å². The Morgan fingerprint density at radius 1 is 0.947 bits per heavy atom. The topological polar surface area (TPSA) is 73.4 Å². The molecule has 4 aliphatic rings. The van der Waals surface area contributed by atoms with Crippen molar-refractivity contribution in [3.05, 3.63) is 65.2 Å². The molecule has 38 heavy (non-hydrogen) atoms. The molecule has 4 heterocycles. The van der Waals surface area contributed by atoms with Crippen LogP contribution in [0.3, 0.4) is 0 Å². The summed E-state index contributed by atoms with van der Waals surface area (Å²) >= 11 is 0. The number of para-hydroxylation sites is 1. The summed E-state index contributed by atoms with van der Waals surface area (Å²) in [6.45, 7) is 3.83. The third kappa shape index (κ3) is 4.29. The molecular formula is C30H36N4O4. The fourth-order valence-electron chi connectivity index (χ4n) is 6.97. The van der Waals surface area contributed by atoms with Crippen LogP contribution in [0.1, 0.15) is 64.5 Å². The number of ether oxygens (including phenoxy) is 1. The largest absolute Gasteiger partial charge is 0.383 e. The normalized spacial score (nSPS) is 24.5. The SMILES string of the molecule is COCCN(C[C@@H]1CCCN2CCCC[C@H]12)C(=O)CN1C(=O)c2ccccc2N2C(=O)c3ccccc3[C@H]12. The van der Waals surface area contributed by atoms with Gasteiger partial charge in [-0.2, -0.15) is 0 Å². The number of piperidine rings is 2. The van der Waals surface area contributed by atoms with Crippen molar-refractivity contribution in [2.24, 2.45) is 5.92 Å². The summed E-state index contributed by atoms with van der Waals surface area (Å²) in [5, 5.41) is 0. The molecule has 8 heteroatoms. The van der Waals surface area contributed by atoms with Crippen LogP contribution in [0, 0.1) is 5.92 Å². The van der Waals surface area contributed by atoms with Crippen molar-refractivity contribution < 1.29 is 19.1 Å². The monoisotopic (exact) mass is 516 g/mol. The second-order valence-electron chi connectivity index (χ2n) is 10.9. The average molecular weight is 517 g/mol. The summed E-state index contributed by atoms with van der Waals surface area (Å²) in [7, 11) is 1.65. The molecule has 2 saturated heterocycles. The molecule has 0 bridgehead atoms. The van der Waals surface area contributed by atoms with Gasteiger partial charge >= 0.3 is 0 Å². The minimum atomic E-state index is -0.627. The molecule has 200 valence electrons. The molecule has 4 aliphatic heterocycles. The van der Waals surface area contributed by atoms with E-state index in [2.05, 4.69) is 4.90 Å². The van der Waals surface area contributed by atoms with Crippen LogP contribution in [-0.2, 0) is 9.53 Å². The first-order valence-electron chi connectivity index (χ1n) is 13.9. The summed E-state index contributed by atoms with van der Waals surface area (Å²) in [5.41, 5.74) is 2.39. The molecule has 3 atom stereocenters. The van der Waals surface area contributed by atoms with Gasteiger partial charge in [0.2, 0.25) is 5.91 Å². The first-order valence-corrected chi connectivity index (χ1v) is 13.9. The number of amides is 3. The van der Waals surface area contributed by atoms with Gasteiger partial charge in [-0.15, -0.1) is 0 Å². The summed E-state index contributed by atoms with van der Waals surface area (Å²) in [4.78, 5) is 49.0. The molecule has 3 amide bonds. The molecule has 0 spiro atoms. The van der Waals surface area contributed by atoms with Gasteiger partial charge in [0.25, 0.3) is 11.8 Å². The lowest BCUT2D eigenvalue weighted by Gasteiger charge is -2.46. The lowest BCUT2D eigenvalue weighted by Crippen LogP contribution is -2.55. The summed E-state index contributed by atoms with van der Waals surface area (Å²) in [6.07, 6.45) is 5.34. The number of carbonyl (C=O) groups is 3. The highest BCUT2D eigenvalue weighted by Crippen LogP contribution is 2.45. The molecular weight excluding hydrogens is 480 g/mol. The maximum absolute atomic E-state index is 14.0. The van der Waals surface area contributed by atoms with Gasteiger partial charge in [-0.1, -0.05) is 36.8 Å². The van der Waals surface area contributed by atoms with Crippen molar-refractivity contribution in [3.63, 3.8) is 0 Å². The predicted molar refractivity (Wildman–Crippen MR) is 144 cm³/mol. The van der Waals surface area contributed by atoms with Gasteiger partial charge in [-0.25, -0.2) is 0 Å². The number of hydrogen-bond acceptors (Lipinski definition) is 5. The Hall–Kier alpha value is -3.23. The third-order valence-corrected chi connectivity index (χ3v) is 8.79. The van der Waals surface area contributed by atoms with E-state index >= 15 is 0 Å². The van der Waals surface area contributed by atoms with Crippen molar-refractivity contribution in [2.45, 2.75) is 44.3 Å². The van der Waals surface area contributed by atoms with E-state index < -0.39 is 6.17 Å². The van der Waals surface area contributed by atoms with Crippen LogP contribution in [0.5, 0.6) is 0 Å². The number of carbonyl (C=O) groups excluding carboxylic acids is 3.